The van der Waals surface area contributed by atoms with Gasteiger partial charge < -0.3 is 9.52 Å². The lowest BCUT2D eigenvalue weighted by Gasteiger charge is -2.33. The molecule has 0 aliphatic heterocycles. The van der Waals surface area contributed by atoms with Crippen LogP contribution in [-0.4, -0.2) is 25.8 Å². The normalized spacial score (nSPS) is 13.1. The molecule has 1 aliphatic rings. The van der Waals surface area contributed by atoms with Crippen molar-refractivity contribution in [2.75, 3.05) is 0 Å². The van der Waals surface area contributed by atoms with Crippen molar-refractivity contribution in [1.82, 2.24) is 15.0 Å². The molecule has 284 valence electrons. The van der Waals surface area contributed by atoms with Crippen LogP contribution < -0.4 is 0 Å². The Kier molecular flexibility index (Phi) is 8.31. The van der Waals surface area contributed by atoms with E-state index in [4.69, 9.17) is 24.4 Å². The van der Waals surface area contributed by atoms with Gasteiger partial charge in [-0.2, -0.15) is 0 Å². The summed E-state index contributed by atoms with van der Waals surface area (Å²) in [4.78, 5) is 20.8. The van der Waals surface area contributed by atoms with Crippen LogP contribution in [0, 0.1) is 0 Å². The van der Waals surface area contributed by atoms with Crippen LogP contribution in [0.15, 0.2) is 204 Å². The van der Waals surface area contributed by atoms with Crippen molar-refractivity contribution in [3.05, 3.63) is 222 Å². The largest absolute Gasteiger partial charge is 0.506 e. The maximum Gasteiger partial charge on any atom is 0.164 e. The summed E-state index contributed by atoms with van der Waals surface area (Å²) >= 11 is 0. The highest BCUT2D eigenvalue weighted by molar-refractivity contribution is 6.21. The zero-order valence-electron chi connectivity index (χ0n) is 32.6. The van der Waals surface area contributed by atoms with Gasteiger partial charge in [-0.05, 0) is 64.6 Å². The number of fused-ring (bicyclic) bond motifs is 6. The second kappa shape index (κ2) is 14.1. The quantitative estimate of drug-likeness (QED) is 0.163. The third kappa shape index (κ3) is 5.49. The fraction of sp³-hybridized carbons (Fsp3) is 0.0370. The van der Waals surface area contributed by atoms with Crippen LogP contribution in [0.2, 0.25) is 0 Å². The molecule has 0 radical (unpaired) electrons. The van der Waals surface area contributed by atoms with Gasteiger partial charge in [0.25, 0.3) is 0 Å². The molecule has 0 atom stereocenters. The van der Waals surface area contributed by atoms with Gasteiger partial charge in [0.15, 0.2) is 17.5 Å². The van der Waals surface area contributed by atoms with Gasteiger partial charge in [0, 0.05) is 38.7 Å². The predicted molar refractivity (Wildman–Crippen MR) is 241 cm³/mol. The van der Waals surface area contributed by atoms with E-state index in [1.54, 1.807) is 18.2 Å². The summed E-state index contributed by atoms with van der Waals surface area (Å²) in [6.45, 7) is 1.95. The second-order valence-electron chi connectivity index (χ2n) is 15.1. The summed E-state index contributed by atoms with van der Waals surface area (Å²) in [5.41, 5.74) is 12.6. The number of para-hydroxylation sites is 2. The SMILES string of the molecule is C/C(=N\c1ccccc1O)c1cccc2oc3cccc(-c4nc(-c5ccccc5)nc(-c5cccc6c5-c5ccccc5C6(c5ccccc5)c5ccccc5)n4)c3c12. The highest BCUT2D eigenvalue weighted by atomic mass is 16.3. The molecule has 6 nitrogen and oxygen atoms in total. The average Bonchev–Trinajstić information content (AvgIpc) is 3.85. The number of benzene rings is 8. The molecule has 60 heavy (non-hydrogen) atoms. The maximum atomic E-state index is 10.6. The van der Waals surface area contributed by atoms with E-state index in [0.717, 1.165) is 55.4 Å². The Balaban J connectivity index is 1.18. The molecule has 11 rings (SSSR count). The average molecular weight is 773 g/mol. The van der Waals surface area contributed by atoms with Crippen molar-refractivity contribution in [3.8, 4) is 51.0 Å². The number of furan rings is 1. The van der Waals surface area contributed by atoms with Crippen LogP contribution >= 0.6 is 0 Å². The highest BCUT2D eigenvalue weighted by Crippen LogP contribution is 2.58. The first-order chi connectivity index (χ1) is 29.6. The topological polar surface area (TPSA) is 84.4 Å². The van der Waals surface area contributed by atoms with Gasteiger partial charge in [0.2, 0.25) is 0 Å². The fourth-order valence-electron chi connectivity index (χ4n) is 9.17. The number of nitrogens with zero attached hydrogens (tertiary/aromatic N) is 4. The van der Waals surface area contributed by atoms with E-state index in [9.17, 15) is 5.11 Å². The zero-order valence-corrected chi connectivity index (χ0v) is 32.6. The molecule has 0 bridgehead atoms. The second-order valence-corrected chi connectivity index (χ2v) is 15.1. The minimum Gasteiger partial charge on any atom is -0.506 e. The molecule has 8 aromatic carbocycles. The molecule has 0 unspecified atom stereocenters. The summed E-state index contributed by atoms with van der Waals surface area (Å²) in [7, 11) is 0. The predicted octanol–water partition coefficient (Wildman–Crippen LogP) is 13.0. The van der Waals surface area contributed by atoms with Crippen molar-refractivity contribution in [2.24, 2.45) is 4.99 Å². The smallest absolute Gasteiger partial charge is 0.164 e. The molecule has 0 spiro atoms. The van der Waals surface area contributed by atoms with E-state index < -0.39 is 5.41 Å². The summed E-state index contributed by atoms with van der Waals surface area (Å²) in [5, 5.41) is 12.4. The fourth-order valence-corrected chi connectivity index (χ4v) is 9.17. The number of hydrogen-bond donors (Lipinski definition) is 1. The van der Waals surface area contributed by atoms with E-state index in [1.807, 2.05) is 73.7 Å². The lowest BCUT2D eigenvalue weighted by molar-refractivity contribution is 0.477. The summed E-state index contributed by atoms with van der Waals surface area (Å²) in [6.07, 6.45) is 0. The lowest BCUT2D eigenvalue weighted by atomic mass is 9.67. The Labute approximate surface area is 346 Å². The highest BCUT2D eigenvalue weighted by Gasteiger charge is 2.47. The van der Waals surface area contributed by atoms with E-state index in [2.05, 4.69) is 109 Å². The third-order valence-electron chi connectivity index (χ3n) is 11.7. The zero-order chi connectivity index (χ0) is 40.2. The van der Waals surface area contributed by atoms with Gasteiger partial charge >= 0.3 is 0 Å². The lowest BCUT2D eigenvalue weighted by Crippen LogP contribution is -2.28. The van der Waals surface area contributed by atoms with Crippen molar-refractivity contribution >= 4 is 33.3 Å². The van der Waals surface area contributed by atoms with Crippen LogP contribution in [0.5, 0.6) is 5.75 Å². The van der Waals surface area contributed by atoms with E-state index in [1.165, 1.54) is 22.3 Å². The first kappa shape index (κ1) is 35.2. The molecule has 1 N–H and O–H groups in total. The Bertz CT molecular complexity index is 3240. The number of phenolic OH excluding ortho intramolecular Hbond substituents is 1. The summed E-state index contributed by atoms with van der Waals surface area (Å²) in [5.74, 6) is 1.79. The Morgan fingerprint density at radius 3 is 1.75 bits per heavy atom. The molecule has 0 amide bonds. The molecule has 10 aromatic rings. The van der Waals surface area contributed by atoms with E-state index in [-0.39, 0.29) is 5.75 Å². The van der Waals surface area contributed by atoms with Crippen LogP contribution in [-0.2, 0) is 5.41 Å². The molecule has 0 saturated carbocycles. The summed E-state index contributed by atoms with van der Waals surface area (Å²) in [6, 6.07) is 66.1. The molecule has 1 aliphatic carbocycles. The van der Waals surface area contributed by atoms with Crippen molar-refractivity contribution in [1.29, 1.82) is 0 Å². The number of hydrogen-bond acceptors (Lipinski definition) is 6. The van der Waals surface area contributed by atoms with Gasteiger partial charge in [0.05, 0.1) is 5.41 Å². The van der Waals surface area contributed by atoms with E-state index in [0.29, 0.717) is 28.7 Å². The summed E-state index contributed by atoms with van der Waals surface area (Å²) < 4.78 is 6.54. The van der Waals surface area contributed by atoms with Crippen LogP contribution in [0.3, 0.4) is 0 Å². The maximum absolute atomic E-state index is 10.6. The molecule has 2 aromatic heterocycles. The van der Waals surface area contributed by atoms with Gasteiger partial charge in [-0.25, -0.2) is 19.9 Å². The molecular weight excluding hydrogens is 737 g/mol. The van der Waals surface area contributed by atoms with Crippen molar-refractivity contribution in [2.45, 2.75) is 12.3 Å². The molecule has 6 heteroatoms. The Morgan fingerprint density at radius 2 is 1.02 bits per heavy atom. The Morgan fingerprint density at radius 1 is 0.483 bits per heavy atom. The number of aliphatic imine (C=N–C) groups is 1. The van der Waals surface area contributed by atoms with Crippen LogP contribution in [0.1, 0.15) is 34.7 Å². The Hall–Kier alpha value is -7.96. The van der Waals surface area contributed by atoms with Gasteiger partial charge in [0.1, 0.15) is 22.6 Å². The van der Waals surface area contributed by atoms with Crippen molar-refractivity contribution < 1.29 is 9.52 Å². The molecular formula is C54H36N4O2. The first-order valence-corrected chi connectivity index (χ1v) is 20.0. The van der Waals surface area contributed by atoms with Crippen molar-refractivity contribution in [3.63, 3.8) is 0 Å². The minimum absolute atomic E-state index is 0.118. The van der Waals surface area contributed by atoms with Gasteiger partial charge in [-0.1, -0.05) is 170 Å². The third-order valence-corrected chi connectivity index (χ3v) is 11.7. The minimum atomic E-state index is -0.573. The number of aromatic nitrogens is 3. The molecule has 2 heterocycles. The number of rotatable bonds is 7. The number of aromatic hydroxyl groups is 1. The van der Waals surface area contributed by atoms with Crippen LogP contribution in [0.25, 0.3) is 67.2 Å². The monoisotopic (exact) mass is 772 g/mol. The standard InChI is InChI=1S/C54H36N4O2/c1-34(55-44-30-13-14-31-45(44)59)38-25-16-32-46-49(38)50-41(27-17-33-47(50)60-46)53-57-51(35-18-5-2-6-19-35)56-52(58-53)40-26-15-29-43-48(40)39-24-11-12-28-42(39)54(43,36-20-7-3-8-21-36)37-22-9-4-10-23-37/h2-33,59H,1H3/b55-34+. The molecule has 0 saturated heterocycles. The first-order valence-electron chi connectivity index (χ1n) is 20.0. The van der Waals surface area contributed by atoms with Gasteiger partial charge in [-0.3, -0.25) is 0 Å². The number of phenols is 1. The van der Waals surface area contributed by atoms with E-state index >= 15 is 0 Å². The van der Waals surface area contributed by atoms with Gasteiger partial charge in [-0.15, -0.1) is 0 Å². The van der Waals surface area contributed by atoms with Crippen LogP contribution in [0.4, 0.5) is 5.69 Å². The molecule has 0 fully saturated rings.